The number of carbonyl (C=O) groups excluding carboxylic acids is 4. The second-order valence-electron chi connectivity index (χ2n) is 13.6. The molecule has 0 aromatic heterocycles. The summed E-state index contributed by atoms with van der Waals surface area (Å²) in [5, 5.41) is 5.60. The lowest BCUT2D eigenvalue weighted by molar-refractivity contribution is -0.142. The van der Waals surface area contributed by atoms with Gasteiger partial charge in [0, 0.05) is 12.5 Å². The van der Waals surface area contributed by atoms with Crippen molar-refractivity contribution in [2.24, 2.45) is 17.8 Å². The van der Waals surface area contributed by atoms with Crippen molar-refractivity contribution in [1.29, 1.82) is 0 Å². The zero-order valence-electron chi connectivity index (χ0n) is 25.0. The standard InChI is InChI=1S/C29H45N4O7S/c1-18-10-7-8-11-20-17-29(20,25(36)32-41(38,39)28(6)13-14-28)31-23(34)21-12-9-15-33(21)24(35)22(19(2)16-18)30-26(37)40-27(3,4)5/h8-9,11,18-22H,7,10,12-17H2,1-6H3,(H,30,37)(H,31,34)(H,32,36)/b11-8-/t18-,19+,20+,21-,22-,29+/m0/s1. The zero-order chi connectivity index (χ0) is 30.4. The minimum Gasteiger partial charge on any atom is -0.444 e. The quantitative estimate of drug-likeness (QED) is 0.424. The average Bonchev–Trinajstić information content (AvgIpc) is 3.71. The fourth-order valence-corrected chi connectivity index (χ4v) is 7.09. The van der Waals surface area contributed by atoms with E-state index in [1.165, 1.54) is 4.90 Å². The number of ether oxygens (including phenoxy) is 1. The molecule has 0 unspecified atom stereocenters. The van der Waals surface area contributed by atoms with Crippen LogP contribution in [0.15, 0.2) is 12.2 Å². The lowest BCUT2D eigenvalue weighted by atomic mass is 9.88. The monoisotopic (exact) mass is 593 g/mol. The first-order valence-electron chi connectivity index (χ1n) is 14.7. The molecule has 0 aromatic rings. The van der Waals surface area contributed by atoms with Crippen LogP contribution < -0.4 is 15.4 Å². The third-order valence-corrected chi connectivity index (χ3v) is 10.9. The molecule has 0 bridgehead atoms. The summed E-state index contributed by atoms with van der Waals surface area (Å²) in [6, 6.07) is -1.81. The van der Waals surface area contributed by atoms with Crippen LogP contribution in [0.1, 0.15) is 86.5 Å². The molecule has 0 spiro atoms. The highest BCUT2D eigenvalue weighted by atomic mass is 32.2. The van der Waals surface area contributed by atoms with Gasteiger partial charge < -0.3 is 20.3 Å². The molecule has 11 nitrogen and oxygen atoms in total. The van der Waals surface area contributed by atoms with Gasteiger partial charge in [-0.2, -0.15) is 0 Å². The predicted molar refractivity (Wildman–Crippen MR) is 153 cm³/mol. The first-order chi connectivity index (χ1) is 19.0. The molecule has 4 amide bonds. The predicted octanol–water partition coefficient (Wildman–Crippen LogP) is 2.57. The van der Waals surface area contributed by atoms with Crippen molar-refractivity contribution in [3.8, 4) is 0 Å². The van der Waals surface area contributed by atoms with Gasteiger partial charge in [-0.3, -0.25) is 19.1 Å². The van der Waals surface area contributed by atoms with Gasteiger partial charge in [-0.05, 0) is 90.9 Å². The summed E-state index contributed by atoms with van der Waals surface area (Å²) in [4.78, 5) is 55.2. The molecule has 41 heavy (non-hydrogen) atoms. The fourth-order valence-electron chi connectivity index (χ4n) is 5.77. The number of hydrogen-bond acceptors (Lipinski definition) is 7. The number of amides is 4. The number of nitrogens with zero attached hydrogens (tertiary/aromatic N) is 1. The van der Waals surface area contributed by atoms with E-state index in [0.717, 1.165) is 6.42 Å². The number of sulfonamides is 1. The molecule has 6 atom stereocenters. The summed E-state index contributed by atoms with van der Waals surface area (Å²) < 4.78 is 32.4. The van der Waals surface area contributed by atoms with Gasteiger partial charge in [0.25, 0.3) is 5.91 Å². The molecule has 0 aromatic carbocycles. The molecule has 1 radical (unpaired) electrons. The van der Waals surface area contributed by atoms with Crippen LogP contribution in [-0.4, -0.2) is 71.6 Å². The lowest BCUT2D eigenvalue weighted by Gasteiger charge is -2.33. The molecule has 4 aliphatic rings. The summed E-state index contributed by atoms with van der Waals surface area (Å²) in [6.07, 6.45) is 8.67. The molecule has 1 saturated heterocycles. The Labute approximate surface area is 243 Å². The normalized spacial score (nSPS) is 34.6. The van der Waals surface area contributed by atoms with E-state index in [0.29, 0.717) is 25.7 Å². The summed E-state index contributed by atoms with van der Waals surface area (Å²) in [7, 11) is -3.90. The largest absolute Gasteiger partial charge is 0.444 e. The van der Waals surface area contributed by atoms with Crippen LogP contribution in [-0.2, 0) is 29.1 Å². The van der Waals surface area contributed by atoms with Gasteiger partial charge in [-0.1, -0.05) is 26.0 Å². The number of hydrogen-bond donors (Lipinski definition) is 3. The van der Waals surface area contributed by atoms with E-state index >= 15 is 0 Å². The summed E-state index contributed by atoms with van der Waals surface area (Å²) >= 11 is 0. The first-order valence-corrected chi connectivity index (χ1v) is 16.1. The van der Waals surface area contributed by atoms with Gasteiger partial charge >= 0.3 is 6.09 Å². The van der Waals surface area contributed by atoms with Crippen LogP contribution in [0.2, 0.25) is 0 Å². The molecule has 3 fully saturated rings. The van der Waals surface area contributed by atoms with E-state index < -0.39 is 61.8 Å². The minimum absolute atomic E-state index is 0.209. The van der Waals surface area contributed by atoms with Gasteiger partial charge in [0.05, 0.1) is 4.75 Å². The van der Waals surface area contributed by atoms with E-state index in [1.807, 2.05) is 25.5 Å². The Morgan fingerprint density at radius 2 is 1.85 bits per heavy atom. The smallest absolute Gasteiger partial charge is 0.408 e. The lowest BCUT2D eigenvalue weighted by Crippen LogP contribution is -2.59. The van der Waals surface area contributed by atoms with Crippen molar-refractivity contribution >= 4 is 33.8 Å². The third kappa shape index (κ3) is 6.89. The number of carbonyl (C=O) groups is 4. The van der Waals surface area contributed by atoms with Crippen molar-refractivity contribution in [1.82, 2.24) is 20.3 Å². The second-order valence-corrected chi connectivity index (χ2v) is 15.8. The Morgan fingerprint density at radius 3 is 2.49 bits per heavy atom. The number of fused-ring (bicyclic) bond motifs is 2. The molecule has 4 rings (SSSR count). The molecule has 2 heterocycles. The molecule has 2 aliphatic heterocycles. The van der Waals surface area contributed by atoms with Crippen LogP contribution in [0.25, 0.3) is 0 Å². The first kappa shape index (κ1) is 31.3. The van der Waals surface area contributed by atoms with Crippen LogP contribution in [0.4, 0.5) is 4.79 Å². The molecule has 2 aliphatic carbocycles. The van der Waals surface area contributed by atoms with Gasteiger partial charge in [0.15, 0.2) is 0 Å². The summed E-state index contributed by atoms with van der Waals surface area (Å²) in [5.41, 5.74) is -2.16. The Kier molecular flexibility index (Phi) is 8.57. The topological polar surface area (TPSA) is 151 Å². The van der Waals surface area contributed by atoms with Gasteiger partial charge in [-0.25, -0.2) is 13.2 Å². The Bertz CT molecular complexity index is 1210. The maximum Gasteiger partial charge on any atom is 0.408 e. The Balaban J connectivity index is 1.60. The maximum absolute atomic E-state index is 13.9. The van der Waals surface area contributed by atoms with E-state index in [1.54, 1.807) is 27.7 Å². The van der Waals surface area contributed by atoms with E-state index in [2.05, 4.69) is 22.3 Å². The summed E-state index contributed by atoms with van der Waals surface area (Å²) in [6.45, 7) is 11.0. The van der Waals surface area contributed by atoms with Crippen LogP contribution in [0.5, 0.6) is 0 Å². The molecular formula is C29H45N4O7S. The number of alkyl carbamates (subject to hydrolysis) is 1. The minimum atomic E-state index is -3.90. The molecule has 3 N–H and O–H groups in total. The van der Waals surface area contributed by atoms with Crippen molar-refractivity contribution < 1.29 is 32.3 Å². The molecular weight excluding hydrogens is 548 g/mol. The van der Waals surface area contributed by atoms with E-state index in [4.69, 9.17) is 4.74 Å². The zero-order valence-corrected chi connectivity index (χ0v) is 25.8. The van der Waals surface area contributed by atoms with Gasteiger partial charge in [-0.15, -0.1) is 0 Å². The average molecular weight is 594 g/mol. The molecule has 12 heteroatoms. The van der Waals surface area contributed by atoms with Crippen LogP contribution in [0.3, 0.4) is 0 Å². The number of rotatable bonds is 4. The molecule has 2 saturated carbocycles. The Hall–Kier alpha value is -2.63. The van der Waals surface area contributed by atoms with Gasteiger partial charge in [0.1, 0.15) is 23.2 Å². The maximum atomic E-state index is 13.9. The highest BCUT2D eigenvalue weighted by Crippen LogP contribution is 2.47. The van der Waals surface area contributed by atoms with Gasteiger partial charge in [0.2, 0.25) is 21.8 Å². The Morgan fingerprint density at radius 1 is 1.17 bits per heavy atom. The highest BCUT2D eigenvalue weighted by Gasteiger charge is 2.63. The number of nitrogens with one attached hydrogen (secondary N) is 3. The van der Waals surface area contributed by atoms with Crippen LogP contribution in [0, 0.1) is 24.2 Å². The SMILES string of the molecule is C[C@H]1CC/C=C\[C@@H]2C[C@@]2(C(=O)NS(=O)(=O)C2(C)CC2)NC(=O)[C@@H]2C[CH]CN2C(=O)[C@@H](NC(=O)OC(C)(C)C)[C@H](C)C1. The van der Waals surface area contributed by atoms with Crippen LogP contribution >= 0.6 is 0 Å². The van der Waals surface area contributed by atoms with Crippen molar-refractivity contribution in [3.63, 3.8) is 0 Å². The number of allylic oxidation sites excluding steroid dienone is 1. The van der Waals surface area contributed by atoms with Crippen molar-refractivity contribution in [2.45, 2.75) is 114 Å². The third-order valence-electron chi connectivity index (χ3n) is 8.75. The highest BCUT2D eigenvalue weighted by molar-refractivity contribution is 7.91. The molecule has 229 valence electrons. The summed E-state index contributed by atoms with van der Waals surface area (Å²) in [5.74, 6) is -2.03. The van der Waals surface area contributed by atoms with E-state index in [9.17, 15) is 27.6 Å². The van der Waals surface area contributed by atoms with Crippen molar-refractivity contribution in [2.75, 3.05) is 6.54 Å². The fraction of sp³-hybridized carbons (Fsp3) is 0.759. The van der Waals surface area contributed by atoms with E-state index in [-0.39, 0.29) is 37.1 Å². The van der Waals surface area contributed by atoms with Crippen molar-refractivity contribution in [3.05, 3.63) is 18.6 Å². The second kappa shape index (κ2) is 11.2.